The average molecular weight is 330 g/mol. The molecule has 0 aliphatic carbocycles. The molecule has 0 unspecified atom stereocenters. The maximum atomic E-state index is 14.7. The van der Waals surface area contributed by atoms with Gasteiger partial charge in [0, 0.05) is 17.3 Å². The van der Waals surface area contributed by atoms with Crippen LogP contribution in [0.1, 0.15) is 5.56 Å². The summed E-state index contributed by atoms with van der Waals surface area (Å²) in [6.07, 6.45) is 0. The number of nitrogens with zero attached hydrogens (tertiary/aromatic N) is 2. The van der Waals surface area contributed by atoms with Gasteiger partial charge >= 0.3 is 0 Å². The number of ether oxygens (including phenoxy) is 1. The molecule has 0 saturated heterocycles. The molecule has 4 rings (SSSR count). The molecular weight excluding hydrogens is 315 g/mol. The Bertz CT molecular complexity index is 1090. The fraction of sp³-hybridized carbons (Fsp3) is 0.0952. The van der Waals surface area contributed by atoms with Crippen LogP contribution in [0.5, 0.6) is 5.75 Å². The highest BCUT2D eigenvalue weighted by Crippen LogP contribution is 2.37. The summed E-state index contributed by atoms with van der Waals surface area (Å²) in [6, 6.07) is 22.6. The van der Waals surface area contributed by atoms with E-state index in [1.54, 1.807) is 6.07 Å². The second-order valence-electron chi connectivity index (χ2n) is 5.80. The van der Waals surface area contributed by atoms with Gasteiger partial charge in [-0.25, -0.2) is 4.39 Å². The Labute approximate surface area is 144 Å². The van der Waals surface area contributed by atoms with Gasteiger partial charge in [-0.1, -0.05) is 48.5 Å². The van der Waals surface area contributed by atoms with E-state index in [1.807, 2.05) is 65.2 Å². The molecule has 3 nitrogen and oxygen atoms in total. The molecule has 0 bridgehead atoms. The molecule has 0 aliphatic heterocycles. The van der Waals surface area contributed by atoms with Crippen LogP contribution in [-0.2, 0) is 6.54 Å². The van der Waals surface area contributed by atoms with E-state index < -0.39 is 0 Å². The van der Waals surface area contributed by atoms with Crippen LogP contribution >= 0.6 is 0 Å². The number of nitriles is 1. The van der Waals surface area contributed by atoms with Crippen LogP contribution in [0.2, 0.25) is 0 Å². The molecule has 1 heterocycles. The van der Waals surface area contributed by atoms with Crippen molar-refractivity contribution in [2.24, 2.45) is 0 Å². The lowest BCUT2D eigenvalue weighted by Gasteiger charge is -2.09. The Kier molecular flexibility index (Phi) is 3.83. The van der Waals surface area contributed by atoms with Crippen molar-refractivity contribution in [2.75, 3.05) is 6.61 Å². The Morgan fingerprint density at radius 1 is 0.960 bits per heavy atom. The lowest BCUT2D eigenvalue weighted by Crippen LogP contribution is -2.00. The van der Waals surface area contributed by atoms with Gasteiger partial charge in [0.1, 0.15) is 17.6 Å². The Hall–Kier alpha value is -3.32. The molecule has 0 spiro atoms. The molecule has 0 atom stereocenters. The zero-order chi connectivity index (χ0) is 17.2. The van der Waals surface area contributed by atoms with E-state index in [0.717, 1.165) is 21.9 Å². The maximum absolute atomic E-state index is 14.7. The summed E-state index contributed by atoms with van der Waals surface area (Å²) in [4.78, 5) is 0. The molecule has 0 radical (unpaired) electrons. The zero-order valence-electron chi connectivity index (χ0n) is 13.4. The number of aromatic nitrogens is 1. The van der Waals surface area contributed by atoms with Crippen LogP contribution in [0.4, 0.5) is 4.39 Å². The predicted molar refractivity (Wildman–Crippen MR) is 96.1 cm³/mol. The van der Waals surface area contributed by atoms with Gasteiger partial charge in [0.05, 0.1) is 11.0 Å². The number of hydrogen-bond donors (Lipinski definition) is 0. The van der Waals surface area contributed by atoms with Crippen molar-refractivity contribution in [3.63, 3.8) is 0 Å². The molecule has 122 valence electrons. The van der Waals surface area contributed by atoms with E-state index in [9.17, 15) is 4.39 Å². The summed E-state index contributed by atoms with van der Waals surface area (Å²) in [5.41, 5.74) is 2.53. The van der Waals surface area contributed by atoms with Gasteiger partial charge in [0.15, 0.2) is 6.61 Å². The molecule has 25 heavy (non-hydrogen) atoms. The highest BCUT2D eigenvalue weighted by Gasteiger charge is 2.17. The highest BCUT2D eigenvalue weighted by molar-refractivity contribution is 6.11. The van der Waals surface area contributed by atoms with Gasteiger partial charge in [-0.2, -0.15) is 5.26 Å². The van der Waals surface area contributed by atoms with Crippen LogP contribution in [-0.4, -0.2) is 11.2 Å². The lowest BCUT2D eigenvalue weighted by molar-refractivity contribution is 0.373. The molecule has 0 fully saturated rings. The number of para-hydroxylation sites is 1. The van der Waals surface area contributed by atoms with Crippen LogP contribution in [0.15, 0.2) is 66.7 Å². The van der Waals surface area contributed by atoms with E-state index in [0.29, 0.717) is 17.8 Å². The number of benzene rings is 3. The van der Waals surface area contributed by atoms with Crippen molar-refractivity contribution in [1.82, 2.24) is 4.57 Å². The largest absolute Gasteiger partial charge is 0.478 e. The maximum Gasteiger partial charge on any atom is 0.174 e. The molecule has 0 aliphatic rings. The van der Waals surface area contributed by atoms with E-state index in [1.165, 1.54) is 6.07 Å². The minimum absolute atomic E-state index is 0.0419. The zero-order valence-corrected chi connectivity index (χ0v) is 13.4. The van der Waals surface area contributed by atoms with Crippen molar-refractivity contribution in [2.45, 2.75) is 6.54 Å². The Morgan fingerprint density at radius 2 is 1.76 bits per heavy atom. The van der Waals surface area contributed by atoms with Crippen molar-refractivity contribution < 1.29 is 9.13 Å². The average Bonchev–Trinajstić information content (AvgIpc) is 2.97. The topological polar surface area (TPSA) is 37.9 Å². The normalized spacial score (nSPS) is 10.9. The lowest BCUT2D eigenvalue weighted by atomic mass is 10.1. The van der Waals surface area contributed by atoms with Crippen molar-refractivity contribution in [1.29, 1.82) is 5.26 Å². The smallest absolute Gasteiger partial charge is 0.174 e. The van der Waals surface area contributed by atoms with Crippen LogP contribution in [0, 0.1) is 17.1 Å². The SMILES string of the molecule is N#CCOc1cccc2c1c1cccc(F)c1n2Cc1ccccc1. The first-order valence-corrected chi connectivity index (χ1v) is 8.02. The number of hydrogen-bond acceptors (Lipinski definition) is 2. The van der Waals surface area contributed by atoms with E-state index >= 15 is 0 Å². The van der Waals surface area contributed by atoms with E-state index in [4.69, 9.17) is 10.00 Å². The summed E-state index contributed by atoms with van der Waals surface area (Å²) in [5.74, 6) is 0.331. The van der Waals surface area contributed by atoms with Gasteiger partial charge in [-0.05, 0) is 23.8 Å². The van der Waals surface area contributed by atoms with Crippen LogP contribution in [0.3, 0.4) is 0 Å². The molecule has 1 aromatic heterocycles. The first-order valence-electron chi connectivity index (χ1n) is 8.02. The number of rotatable bonds is 4. The Balaban J connectivity index is 2.01. The van der Waals surface area contributed by atoms with Crippen molar-refractivity contribution in [3.05, 3.63) is 78.1 Å². The molecule has 4 heteroatoms. The quantitative estimate of drug-likeness (QED) is 0.534. The van der Waals surface area contributed by atoms with Gasteiger partial charge in [-0.3, -0.25) is 0 Å². The summed E-state index contributed by atoms with van der Waals surface area (Å²) < 4.78 is 22.2. The molecule has 3 aromatic carbocycles. The minimum Gasteiger partial charge on any atom is -0.478 e. The standard InChI is InChI=1S/C21H15FN2O/c22-17-9-4-8-16-20-18(10-5-11-19(20)25-13-12-23)24(21(16)17)14-15-6-2-1-3-7-15/h1-11H,13-14H2. The molecule has 4 aromatic rings. The van der Waals surface area contributed by atoms with Crippen molar-refractivity contribution in [3.8, 4) is 11.8 Å². The van der Waals surface area contributed by atoms with Crippen molar-refractivity contribution >= 4 is 21.8 Å². The molecule has 0 amide bonds. The van der Waals surface area contributed by atoms with Gasteiger partial charge in [0.25, 0.3) is 0 Å². The first-order chi connectivity index (χ1) is 12.3. The van der Waals surface area contributed by atoms with Gasteiger partial charge < -0.3 is 9.30 Å². The fourth-order valence-electron chi connectivity index (χ4n) is 3.29. The third kappa shape index (κ3) is 2.60. The second-order valence-corrected chi connectivity index (χ2v) is 5.80. The summed E-state index contributed by atoms with van der Waals surface area (Å²) in [6.45, 7) is 0.517. The second kappa shape index (κ2) is 6.29. The first kappa shape index (κ1) is 15.2. The van der Waals surface area contributed by atoms with Gasteiger partial charge in [-0.15, -0.1) is 0 Å². The molecule has 0 saturated carbocycles. The summed E-state index contributed by atoms with van der Waals surface area (Å²) in [7, 11) is 0. The predicted octanol–water partition coefficient (Wildman–Crippen LogP) is 4.88. The van der Waals surface area contributed by atoms with Crippen LogP contribution in [0.25, 0.3) is 21.8 Å². The number of halogens is 1. The number of fused-ring (bicyclic) bond motifs is 3. The van der Waals surface area contributed by atoms with E-state index in [2.05, 4.69) is 0 Å². The van der Waals surface area contributed by atoms with Gasteiger partial charge in [0.2, 0.25) is 0 Å². The van der Waals surface area contributed by atoms with Crippen LogP contribution < -0.4 is 4.74 Å². The molecular formula is C21H15FN2O. The third-order valence-corrected chi connectivity index (χ3v) is 4.30. The summed E-state index contributed by atoms with van der Waals surface area (Å²) in [5, 5.41) is 10.4. The monoisotopic (exact) mass is 330 g/mol. The Morgan fingerprint density at radius 3 is 2.56 bits per heavy atom. The highest BCUT2D eigenvalue weighted by atomic mass is 19.1. The van der Waals surface area contributed by atoms with E-state index in [-0.39, 0.29) is 12.4 Å². The summed E-state index contributed by atoms with van der Waals surface area (Å²) >= 11 is 0. The fourth-order valence-corrected chi connectivity index (χ4v) is 3.29. The molecule has 0 N–H and O–H groups in total. The minimum atomic E-state index is -0.268. The third-order valence-electron chi connectivity index (χ3n) is 4.30.